The number of hydrogen-bond donors (Lipinski definition) is 13. The Bertz CT molecular complexity index is 6640. The number of nitrogens with one attached hydrogen (secondary N) is 6. The molecule has 15 N–H and O–H groups in total. The Labute approximate surface area is 749 Å². The molecule has 27 atom stereocenters. The third-order valence-corrected chi connectivity index (χ3v) is 26.0. The zero-order chi connectivity index (χ0) is 94.8. The maximum atomic E-state index is 13.8. The average molecular weight is 1910 g/mol. The van der Waals surface area contributed by atoms with E-state index < -0.39 is 298 Å². The second-order valence-electron chi connectivity index (χ2n) is 33.5. The summed E-state index contributed by atoms with van der Waals surface area (Å²) in [5.74, 6) is -0.283. The van der Waals surface area contributed by atoms with Gasteiger partial charge in [0.2, 0.25) is 0 Å². The summed E-state index contributed by atoms with van der Waals surface area (Å²) >= 11 is 5.50. The summed E-state index contributed by atoms with van der Waals surface area (Å²) in [5, 5.41) is 44.8. The highest BCUT2D eigenvalue weighted by atomic mass is 32.5. The lowest BCUT2D eigenvalue weighted by molar-refractivity contribution is -0.145. The van der Waals surface area contributed by atoms with Gasteiger partial charge in [0.25, 0.3) is 33.4 Å². The van der Waals surface area contributed by atoms with Crippen molar-refractivity contribution in [2.45, 2.75) is 240 Å². The van der Waals surface area contributed by atoms with Crippen molar-refractivity contribution in [3.8, 4) is 0 Å². The maximum Gasteiger partial charge on any atom is 0.351 e. The van der Waals surface area contributed by atoms with Gasteiger partial charge in [0.05, 0.1) is 89.5 Å². The first-order valence-corrected chi connectivity index (χ1v) is 44.8. The molecule has 0 spiro atoms. The van der Waals surface area contributed by atoms with Crippen molar-refractivity contribution in [2.24, 2.45) is 0 Å². The lowest BCUT2D eigenvalue weighted by Gasteiger charge is -2.28. The fourth-order valence-corrected chi connectivity index (χ4v) is 18.7. The molecule has 0 aliphatic carbocycles. The fraction of sp³-hybridized carbons (Fsp3) is 0.590. The van der Waals surface area contributed by atoms with Gasteiger partial charge in [0.1, 0.15) is 122 Å². The number of nitrogen functional groups attached to an aromatic ring is 2. The van der Waals surface area contributed by atoms with Crippen LogP contribution >= 0.6 is 6.72 Å². The van der Waals surface area contributed by atoms with Crippen molar-refractivity contribution in [2.75, 3.05) is 64.3 Å². The molecule has 133 heavy (non-hydrogen) atoms. The molecule has 53 nitrogen and oxygen atoms in total. The molecule has 8 aromatic rings. The van der Waals surface area contributed by atoms with Crippen molar-refractivity contribution in [3.63, 3.8) is 0 Å². The van der Waals surface area contributed by atoms with E-state index in [1.807, 2.05) is 0 Å². The van der Waals surface area contributed by atoms with Gasteiger partial charge >= 0.3 is 52.2 Å². The third-order valence-electron chi connectivity index (χ3n) is 24.4. The zero-order valence-corrected chi connectivity index (χ0v) is 73.4. The fourth-order valence-electron chi connectivity index (χ4n) is 17.2. The molecular formula is C78H97N18O35PS. The van der Waals surface area contributed by atoms with Crippen LogP contribution in [0.2, 0.25) is 0 Å². The quantitative estimate of drug-likeness (QED) is 0.0174. The number of nitrogens with zero attached hydrogens (tertiary/aromatic N) is 10. The number of aryl methyl sites for hydroxylation is 6. The van der Waals surface area contributed by atoms with E-state index in [-0.39, 0.29) is 83.5 Å². The summed E-state index contributed by atoms with van der Waals surface area (Å²) in [7, 11) is 0. The molecule has 55 heteroatoms. The molecule has 0 saturated carbocycles. The molecular weight excluding hydrogens is 1810 g/mol. The number of nitrogens with two attached hydrogens (primary N) is 2. The standard InChI is InChI=1S/C78H97N18O35PS/c1-31-17-91(73(109)83-63(31)101)53-11-37(43(23-97)123-53)120-29-50-62(61(100)70(130-50)90-10-8-52(80)82-72(90)108)121-28-47-41(15-57(127-47)95-21-35(5)67(105)87-77(95)113)118-26-45-39(13-55(125-45)93-19-33(3)65(103)85-75(93)111)116-24-44-38(12-54(124-44)92-18-32(2)64(102)84-74(92)110)117-25-46-40(14-56(126-46)94-20-34(4)66(104)86-76(94)112)119-27-48-42(16-58(128-48)96-22-36(6)68(106)88-78(96)114)131-132(115,133)122-30-49-59(98)60(99)69(129-49)89-9-7-51(79)81-71(89)107/h7-10,17-22,37-50,53-62,69-70,97-100H,11-16,23-30H2,1-6H3,(H,115,133)(H2,79,81,107)(H2,80,82,108)(H,83,101,109)(H,84,102,110)(H,85,103,111)(H,86,104,112)(H,87,105,113)(H,88,106,114). The summed E-state index contributed by atoms with van der Waals surface area (Å²) in [6.07, 6.45) is -24.3. The number of rotatable bonds is 32. The molecule has 0 bridgehead atoms. The summed E-state index contributed by atoms with van der Waals surface area (Å²) in [5.41, 5.74) is 1.09. The Balaban J connectivity index is 0.658. The van der Waals surface area contributed by atoms with E-state index in [0.29, 0.717) is 0 Å². The van der Waals surface area contributed by atoms with Crippen molar-refractivity contribution in [1.29, 1.82) is 0 Å². The summed E-state index contributed by atoms with van der Waals surface area (Å²) < 4.78 is 112. The molecule has 8 saturated heterocycles. The van der Waals surface area contributed by atoms with Gasteiger partial charge in [-0.15, -0.1) is 0 Å². The minimum atomic E-state index is -4.52. The van der Waals surface area contributed by atoms with Crippen LogP contribution in [-0.4, -0.2) is 264 Å². The first-order chi connectivity index (χ1) is 63.3. The molecule has 8 aliphatic rings. The highest BCUT2D eigenvalue weighted by molar-refractivity contribution is 8.07. The van der Waals surface area contributed by atoms with Gasteiger partial charge in [-0.05, 0) is 65.5 Å². The molecule has 27 unspecified atom stereocenters. The number of aromatic nitrogens is 16. The van der Waals surface area contributed by atoms with Crippen LogP contribution in [0.15, 0.2) is 129 Å². The van der Waals surface area contributed by atoms with Crippen LogP contribution in [0.25, 0.3) is 0 Å². The van der Waals surface area contributed by atoms with Crippen molar-refractivity contribution in [3.05, 3.63) is 241 Å². The molecule has 8 aliphatic heterocycles. The van der Waals surface area contributed by atoms with E-state index in [0.717, 1.165) is 36.5 Å². The highest BCUT2D eigenvalue weighted by Gasteiger charge is 2.53. The van der Waals surface area contributed by atoms with Crippen molar-refractivity contribution >= 4 is 30.2 Å². The minimum Gasteiger partial charge on any atom is -0.394 e. The summed E-state index contributed by atoms with van der Waals surface area (Å²) in [6, 6.07) is 2.54. The van der Waals surface area contributed by atoms with E-state index in [2.05, 4.69) is 39.9 Å². The van der Waals surface area contributed by atoms with Crippen molar-refractivity contribution in [1.82, 2.24) is 76.4 Å². The number of hydrogen-bond acceptors (Lipinski definition) is 39. The highest BCUT2D eigenvalue weighted by Crippen LogP contribution is 2.50. The molecule has 16 heterocycles. The Hall–Kier alpha value is -10.7. The first-order valence-electron chi connectivity index (χ1n) is 42.2. The van der Waals surface area contributed by atoms with E-state index in [9.17, 15) is 92.4 Å². The van der Waals surface area contributed by atoms with Crippen molar-refractivity contribution < 1.29 is 101 Å². The van der Waals surface area contributed by atoms with E-state index >= 15 is 0 Å². The largest absolute Gasteiger partial charge is 0.394 e. The molecule has 8 aromatic heterocycles. The van der Waals surface area contributed by atoms with E-state index in [1.54, 1.807) is 0 Å². The second kappa shape index (κ2) is 39.3. The number of H-pyrrole nitrogens is 6. The number of aliphatic hydroxyl groups is 4. The van der Waals surface area contributed by atoms with Crippen LogP contribution in [0.3, 0.4) is 0 Å². The molecule has 8 fully saturated rings. The van der Waals surface area contributed by atoms with Crippen LogP contribution < -0.4 is 90.3 Å². The van der Waals surface area contributed by atoms with Crippen LogP contribution in [0.4, 0.5) is 11.6 Å². The van der Waals surface area contributed by atoms with E-state index in [4.69, 9.17) is 98.6 Å². The lowest BCUT2D eigenvalue weighted by atomic mass is 10.1. The topological polar surface area (TPSA) is 700 Å². The Kier molecular flexibility index (Phi) is 28.2. The molecule has 16 rings (SSSR count). The van der Waals surface area contributed by atoms with Gasteiger partial charge in [-0.1, -0.05) is 0 Å². The number of aliphatic hydroxyl groups excluding tert-OH is 4. The molecule has 720 valence electrons. The predicted molar refractivity (Wildman–Crippen MR) is 452 cm³/mol. The zero-order valence-electron chi connectivity index (χ0n) is 71.6. The predicted octanol–water partition coefficient (Wildman–Crippen LogP) is -6.66. The van der Waals surface area contributed by atoms with Gasteiger partial charge in [0.15, 0.2) is 12.5 Å². The molecule has 0 radical (unpaired) electrons. The Morgan fingerprint density at radius 3 is 0.932 bits per heavy atom. The van der Waals surface area contributed by atoms with Gasteiger partial charge in [0, 0.05) is 121 Å². The Morgan fingerprint density at radius 2 is 0.624 bits per heavy atom. The summed E-state index contributed by atoms with van der Waals surface area (Å²) in [4.78, 5) is 217. The van der Waals surface area contributed by atoms with Crippen LogP contribution in [-0.2, 0) is 87.2 Å². The van der Waals surface area contributed by atoms with Crippen LogP contribution in [0.5, 0.6) is 0 Å². The number of ether oxygens (including phenoxy) is 14. The van der Waals surface area contributed by atoms with Crippen LogP contribution in [0, 0.1) is 41.5 Å². The van der Waals surface area contributed by atoms with Gasteiger partial charge in [-0.2, -0.15) is 9.97 Å². The minimum absolute atomic E-state index is 0.0412. The number of anilines is 2. The van der Waals surface area contributed by atoms with Crippen LogP contribution in [0.1, 0.15) is 122 Å². The van der Waals surface area contributed by atoms with Gasteiger partial charge in [-0.3, -0.25) is 95.2 Å². The molecule has 0 amide bonds. The first kappa shape index (κ1) is 95.4. The molecule has 0 aromatic carbocycles. The summed E-state index contributed by atoms with van der Waals surface area (Å²) in [6.45, 7) is 0.144. The second-order valence-corrected chi connectivity index (χ2v) is 36.3. The third kappa shape index (κ3) is 20.5. The monoisotopic (exact) mass is 1910 g/mol. The van der Waals surface area contributed by atoms with Gasteiger partial charge in [-0.25, -0.2) is 38.4 Å². The maximum absolute atomic E-state index is 13.8. The SMILES string of the molecule is Cc1cn(C2CC(OCC3OC(n4ccc(N)nc4=O)C(O)C3OCC3OC(n4cc(C)c(=O)[nH]c4=O)CC3OCC3OC(n4cc(C)c(=O)[nH]c4=O)CC3OCC3OC(n4cc(C)c(=O)[nH]c4=O)CC3OCC3OC(n4cc(C)c(=O)[nH]c4=O)CC3OCC3OC(n4cc(C)c(=O)[nH]c4=O)CC3OP(O)(=S)OCC3OC(n4ccc(N)nc4=O)C(O)C3O)C(CO)O2)c(=O)[nH]c1=O. The Morgan fingerprint density at radius 1 is 0.361 bits per heavy atom. The smallest absolute Gasteiger partial charge is 0.351 e. The number of aromatic amines is 6. The average Bonchev–Trinajstić information content (AvgIpc) is 1.63. The van der Waals surface area contributed by atoms with Gasteiger partial charge < -0.3 is 112 Å². The normalized spacial score (nSPS) is 31.5. The lowest BCUT2D eigenvalue weighted by Crippen LogP contribution is -2.42. The van der Waals surface area contributed by atoms with E-state index in [1.165, 1.54) is 103 Å².